The van der Waals surface area contributed by atoms with Crippen LogP contribution in [0.25, 0.3) is 0 Å². The molecule has 102 valence electrons. The quantitative estimate of drug-likeness (QED) is 0.769. The smallest absolute Gasteiger partial charge is 0.279 e. The second kappa shape index (κ2) is 5.41. The fourth-order valence-corrected chi connectivity index (χ4v) is 2.99. The van der Waals surface area contributed by atoms with Crippen molar-refractivity contribution in [3.05, 3.63) is 41.6 Å². The summed E-state index contributed by atoms with van der Waals surface area (Å²) in [5.74, 6) is 0. The Labute approximate surface area is 111 Å². The summed E-state index contributed by atoms with van der Waals surface area (Å²) in [4.78, 5) is 0. The van der Waals surface area contributed by atoms with Crippen molar-refractivity contribution in [3.63, 3.8) is 0 Å². The van der Waals surface area contributed by atoms with Gasteiger partial charge in [-0.2, -0.15) is 13.5 Å². The number of aliphatic hydroxyl groups is 1. The number of anilines is 1. The predicted octanol–water partition coefficient (Wildman–Crippen LogP) is 1.27. The average Bonchev–Trinajstić information content (AvgIpc) is 2.88. The Morgan fingerprint density at radius 2 is 2.05 bits per heavy atom. The topological polar surface area (TPSA) is 95.1 Å². The van der Waals surface area contributed by atoms with E-state index in [9.17, 15) is 8.42 Å². The van der Waals surface area contributed by atoms with Gasteiger partial charge in [-0.05, 0) is 18.1 Å². The van der Waals surface area contributed by atoms with E-state index in [0.717, 1.165) is 5.56 Å². The number of para-hydroxylation sites is 1. The Bertz CT molecular complexity index is 664. The fourth-order valence-electron chi connectivity index (χ4n) is 1.77. The Morgan fingerprint density at radius 1 is 1.32 bits per heavy atom. The number of aromatic nitrogens is 2. The normalized spacial score (nSPS) is 11.5. The molecule has 0 aliphatic carbocycles. The number of rotatable bonds is 5. The second-order valence-electron chi connectivity index (χ2n) is 4.00. The Hall–Kier alpha value is -1.86. The minimum Gasteiger partial charge on any atom is -0.392 e. The van der Waals surface area contributed by atoms with Crippen LogP contribution in [0, 0.1) is 0 Å². The summed E-state index contributed by atoms with van der Waals surface area (Å²) < 4.78 is 26.9. The van der Waals surface area contributed by atoms with E-state index in [1.54, 1.807) is 12.1 Å². The van der Waals surface area contributed by atoms with Gasteiger partial charge in [0.05, 0.1) is 18.5 Å². The lowest BCUT2D eigenvalue weighted by Gasteiger charge is -2.11. The van der Waals surface area contributed by atoms with E-state index < -0.39 is 10.0 Å². The molecule has 6 nitrogen and oxygen atoms in total. The molecule has 0 spiro atoms. The molecule has 0 fully saturated rings. The third-order valence-corrected chi connectivity index (χ3v) is 4.14. The number of sulfonamides is 1. The standard InChI is InChI=1S/C12H15N3O3S/c1-2-9-5-3-4-6-11(9)15-19(17,18)12-10(8-16)7-13-14-12/h3-7,15-16H,2,8H2,1H3,(H,13,14). The molecule has 3 N–H and O–H groups in total. The van der Waals surface area contributed by atoms with Gasteiger partial charge in [-0.15, -0.1) is 0 Å². The van der Waals surface area contributed by atoms with Gasteiger partial charge in [-0.25, -0.2) is 0 Å². The van der Waals surface area contributed by atoms with E-state index in [0.29, 0.717) is 12.1 Å². The highest BCUT2D eigenvalue weighted by molar-refractivity contribution is 7.92. The lowest BCUT2D eigenvalue weighted by Crippen LogP contribution is -2.16. The van der Waals surface area contributed by atoms with Gasteiger partial charge < -0.3 is 5.11 Å². The van der Waals surface area contributed by atoms with E-state index in [2.05, 4.69) is 14.9 Å². The first-order chi connectivity index (χ1) is 9.08. The van der Waals surface area contributed by atoms with Gasteiger partial charge in [0.1, 0.15) is 0 Å². The molecule has 1 aromatic heterocycles. The number of aromatic amines is 1. The van der Waals surface area contributed by atoms with Crippen molar-refractivity contribution in [1.29, 1.82) is 0 Å². The first kappa shape index (κ1) is 13.6. The second-order valence-corrected chi connectivity index (χ2v) is 5.62. The van der Waals surface area contributed by atoms with Crippen molar-refractivity contribution < 1.29 is 13.5 Å². The van der Waals surface area contributed by atoms with Crippen LogP contribution in [0.5, 0.6) is 0 Å². The predicted molar refractivity (Wildman–Crippen MR) is 71.1 cm³/mol. The molecule has 2 aromatic rings. The highest BCUT2D eigenvalue weighted by Gasteiger charge is 2.21. The van der Waals surface area contributed by atoms with Crippen LogP contribution >= 0.6 is 0 Å². The molecule has 0 radical (unpaired) electrons. The highest BCUT2D eigenvalue weighted by Crippen LogP contribution is 2.21. The largest absolute Gasteiger partial charge is 0.392 e. The Balaban J connectivity index is 2.37. The third-order valence-electron chi connectivity index (χ3n) is 2.76. The van der Waals surface area contributed by atoms with Crippen molar-refractivity contribution in [3.8, 4) is 0 Å². The van der Waals surface area contributed by atoms with E-state index in [4.69, 9.17) is 5.11 Å². The number of nitrogens with zero attached hydrogens (tertiary/aromatic N) is 1. The van der Waals surface area contributed by atoms with Crippen molar-refractivity contribution in [2.75, 3.05) is 4.72 Å². The summed E-state index contributed by atoms with van der Waals surface area (Å²) in [6.45, 7) is 1.56. The van der Waals surface area contributed by atoms with Crippen molar-refractivity contribution >= 4 is 15.7 Å². The number of aryl methyl sites for hydroxylation is 1. The molecule has 0 atom stereocenters. The molecule has 19 heavy (non-hydrogen) atoms. The summed E-state index contributed by atoms with van der Waals surface area (Å²) in [7, 11) is -3.77. The van der Waals surface area contributed by atoms with Crippen molar-refractivity contribution in [2.24, 2.45) is 0 Å². The Morgan fingerprint density at radius 3 is 2.74 bits per heavy atom. The monoisotopic (exact) mass is 281 g/mol. The highest BCUT2D eigenvalue weighted by atomic mass is 32.2. The molecule has 0 unspecified atom stereocenters. The summed E-state index contributed by atoms with van der Waals surface area (Å²) >= 11 is 0. The number of nitrogens with one attached hydrogen (secondary N) is 2. The van der Waals surface area contributed by atoms with Gasteiger partial charge in [-0.3, -0.25) is 9.82 Å². The summed E-state index contributed by atoms with van der Waals surface area (Å²) in [5.41, 5.74) is 1.67. The minimum atomic E-state index is -3.77. The molecular weight excluding hydrogens is 266 g/mol. The molecule has 0 saturated carbocycles. The summed E-state index contributed by atoms with van der Waals surface area (Å²) in [6, 6.07) is 7.17. The van der Waals surface area contributed by atoms with Gasteiger partial charge in [-0.1, -0.05) is 25.1 Å². The van der Waals surface area contributed by atoms with E-state index in [1.165, 1.54) is 6.20 Å². The van der Waals surface area contributed by atoms with Gasteiger partial charge in [0.25, 0.3) is 10.0 Å². The number of hydrogen-bond acceptors (Lipinski definition) is 4. The maximum Gasteiger partial charge on any atom is 0.279 e. The molecule has 2 rings (SSSR count). The van der Waals surface area contributed by atoms with Gasteiger partial charge in [0.2, 0.25) is 0 Å². The SMILES string of the molecule is CCc1ccccc1NS(=O)(=O)c1[nH]ncc1CO. The zero-order valence-electron chi connectivity index (χ0n) is 10.4. The molecule has 0 aliphatic heterocycles. The average molecular weight is 281 g/mol. The third kappa shape index (κ3) is 2.77. The number of aliphatic hydroxyl groups excluding tert-OH is 1. The number of hydrogen-bond donors (Lipinski definition) is 3. The molecule has 1 heterocycles. The van der Waals surface area contributed by atoms with Crippen LogP contribution in [0.2, 0.25) is 0 Å². The van der Waals surface area contributed by atoms with E-state index in [1.807, 2.05) is 19.1 Å². The van der Waals surface area contributed by atoms with Crippen LogP contribution in [0.4, 0.5) is 5.69 Å². The van der Waals surface area contributed by atoms with Crippen LogP contribution in [0.3, 0.4) is 0 Å². The van der Waals surface area contributed by atoms with E-state index in [-0.39, 0.29) is 17.2 Å². The van der Waals surface area contributed by atoms with Gasteiger partial charge in [0.15, 0.2) is 5.03 Å². The molecule has 1 aromatic carbocycles. The van der Waals surface area contributed by atoms with Crippen molar-refractivity contribution in [2.45, 2.75) is 25.0 Å². The Kier molecular flexibility index (Phi) is 3.87. The zero-order valence-corrected chi connectivity index (χ0v) is 11.2. The van der Waals surface area contributed by atoms with Crippen molar-refractivity contribution in [1.82, 2.24) is 10.2 Å². The van der Waals surface area contributed by atoms with Crippen LogP contribution in [-0.2, 0) is 23.1 Å². The fraction of sp³-hybridized carbons (Fsp3) is 0.250. The zero-order chi connectivity index (χ0) is 13.9. The van der Waals surface area contributed by atoms with E-state index >= 15 is 0 Å². The molecule has 0 saturated heterocycles. The van der Waals surface area contributed by atoms with Crippen LogP contribution in [0.1, 0.15) is 18.1 Å². The van der Waals surface area contributed by atoms with Crippen LogP contribution in [0.15, 0.2) is 35.5 Å². The molecule has 0 amide bonds. The number of H-pyrrole nitrogens is 1. The summed E-state index contributed by atoms with van der Waals surface area (Å²) in [5, 5.41) is 15.0. The maximum atomic E-state index is 12.2. The minimum absolute atomic E-state index is 0.110. The molecule has 0 bridgehead atoms. The van der Waals surface area contributed by atoms with Gasteiger partial charge >= 0.3 is 0 Å². The van der Waals surface area contributed by atoms with Gasteiger partial charge in [0, 0.05) is 5.56 Å². The molecule has 0 aliphatic rings. The maximum absolute atomic E-state index is 12.2. The lowest BCUT2D eigenvalue weighted by atomic mass is 10.1. The lowest BCUT2D eigenvalue weighted by molar-refractivity contribution is 0.278. The summed E-state index contributed by atoms with van der Waals surface area (Å²) in [6.07, 6.45) is 2.01. The first-order valence-electron chi connectivity index (χ1n) is 5.82. The first-order valence-corrected chi connectivity index (χ1v) is 7.30. The van der Waals surface area contributed by atoms with Crippen LogP contribution < -0.4 is 4.72 Å². The molecular formula is C12H15N3O3S. The molecule has 7 heteroatoms. The van der Waals surface area contributed by atoms with Crippen LogP contribution in [-0.4, -0.2) is 23.7 Å². The number of benzene rings is 1.